The van der Waals surface area contributed by atoms with Crippen LogP contribution < -0.4 is 9.64 Å². The second-order valence-corrected chi connectivity index (χ2v) is 9.73. The van der Waals surface area contributed by atoms with E-state index in [0.29, 0.717) is 43.4 Å². The molecule has 0 aliphatic carbocycles. The van der Waals surface area contributed by atoms with Gasteiger partial charge in [-0.15, -0.1) is 0 Å². The third-order valence-electron chi connectivity index (χ3n) is 5.41. The van der Waals surface area contributed by atoms with Crippen LogP contribution in [0.15, 0.2) is 36.7 Å². The Balaban J connectivity index is 1.22. The maximum absolute atomic E-state index is 12.6. The van der Waals surface area contributed by atoms with E-state index in [0.717, 1.165) is 25.2 Å². The zero-order valence-corrected chi connectivity index (χ0v) is 17.8. The first-order valence-electron chi connectivity index (χ1n) is 9.95. The van der Waals surface area contributed by atoms with Gasteiger partial charge in [0.2, 0.25) is 16.0 Å². The number of halogens is 1. The molecule has 0 radical (unpaired) electrons. The fourth-order valence-electron chi connectivity index (χ4n) is 3.66. The first-order chi connectivity index (χ1) is 14.4. The minimum Gasteiger partial charge on any atom is -0.485 e. The summed E-state index contributed by atoms with van der Waals surface area (Å²) in [6.07, 6.45) is 4.67. The summed E-state index contributed by atoms with van der Waals surface area (Å²) in [5.74, 6) is 1.22. The van der Waals surface area contributed by atoms with E-state index in [1.54, 1.807) is 12.4 Å². The molecular weight excluding hydrogens is 409 g/mol. The molecule has 4 rings (SSSR count). The number of nitrogens with zero attached hydrogens (tertiary/aromatic N) is 5. The van der Waals surface area contributed by atoms with Crippen LogP contribution in [0.3, 0.4) is 0 Å². The van der Waals surface area contributed by atoms with Crippen molar-refractivity contribution in [3.8, 4) is 5.75 Å². The molecule has 1 aromatic carbocycles. The van der Waals surface area contributed by atoms with Crippen molar-refractivity contribution in [3.63, 3.8) is 0 Å². The number of ether oxygens (including phenoxy) is 1. The van der Waals surface area contributed by atoms with Crippen LogP contribution in [0, 0.1) is 0 Å². The Kier molecular flexibility index (Phi) is 6.16. The van der Waals surface area contributed by atoms with Crippen LogP contribution in [-0.2, 0) is 23.2 Å². The molecule has 162 valence electrons. The summed E-state index contributed by atoms with van der Waals surface area (Å²) >= 11 is 0. The van der Waals surface area contributed by atoms with E-state index in [1.807, 2.05) is 29.2 Å². The van der Waals surface area contributed by atoms with Crippen molar-refractivity contribution in [3.05, 3.63) is 47.8 Å². The molecule has 0 amide bonds. The van der Waals surface area contributed by atoms with Crippen LogP contribution >= 0.6 is 0 Å². The van der Waals surface area contributed by atoms with E-state index in [4.69, 9.17) is 4.74 Å². The highest BCUT2D eigenvalue weighted by Crippen LogP contribution is 2.21. The summed E-state index contributed by atoms with van der Waals surface area (Å²) in [4.78, 5) is 13.0. The molecule has 0 spiro atoms. The number of piperazine rings is 1. The SMILES string of the molecule is CS(=O)(=O)N1CCN(c2ncc(OC3CN(Cc4ccc(CF)cc4)C3)cn2)CC1. The second-order valence-electron chi connectivity index (χ2n) is 7.75. The van der Waals surface area contributed by atoms with E-state index >= 15 is 0 Å². The Hall–Kier alpha value is -2.30. The smallest absolute Gasteiger partial charge is 0.225 e. The summed E-state index contributed by atoms with van der Waals surface area (Å²) in [7, 11) is -3.15. The van der Waals surface area contributed by atoms with Crippen molar-refractivity contribution in [2.45, 2.75) is 19.3 Å². The lowest BCUT2D eigenvalue weighted by Gasteiger charge is -2.39. The van der Waals surface area contributed by atoms with Gasteiger partial charge in [-0.25, -0.2) is 22.8 Å². The zero-order chi connectivity index (χ0) is 21.1. The molecule has 3 heterocycles. The standard InChI is InChI=1S/C20H26FN5O3S/c1-30(27,28)26-8-6-25(7-9-26)20-22-11-18(12-23-20)29-19-14-24(15-19)13-17-4-2-16(10-21)3-5-17/h2-5,11-12,19H,6-10,13-15H2,1H3. The molecule has 0 atom stereocenters. The van der Waals surface area contributed by atoms with Gasteiger partial charge in [-0.05, 0) is 11.1 Å². The first-order valence-corrected chi connectivity index (χ1v) is 11.8. The Bertz CT molecular complexity index is 941. The molecule has 0 bridgehead atoms. The van der Waals surface area contributed by atoms with Crippen LogP contribution in [0.5, 0.6) is 5.75 Å². The Morgan fingerprint density at radius 1 is 1.03 bits per heavy atom. The third kappa shape index (κ3) is 5.05. The highest BCUT2D eigenvalue weighted by atomic mass is 32.2. The van der Waals surface area contributed by atoms with Gasteiger partial charge in [0.15, 0.2) is 5.75 Å². The number of benzene rings is 1. The number of anilines is 1. The molecule has 2 aliphatic rings. The predicted octanol–water partition coefficient (Wildman–Crippen LogP) is 1.29. The fourth-order valence-corrected chi connectivity index (χ4v) is 4.49. The lowest BCUT2D eigenvalue weighted by atomic mass is 10.1. The summed E-state index contributed by atoms with van der Waals surface area (Å²) in [6.45, 7) is 4.04. The van der Waals surface area contributed by atoms with Crippen LogP contribution in [0.1, 0.15) is 11.1 Å². The maximum Gasteiger partial charge on any atom is 0.225 e. The van der Waals surface area contributed by atoms with Crippen molar-refractivity contribution in [1.82, 2.24) is 19.2 Å². The summed E-state index contributed by atoms with van der Waals surface area (Å²) in [5, 5.41) is 0. The molecule has 2 saturated heterocycles. The van der Waals surface area contributed by atoms with Crippen LogP contribution in [-0.4, -0.2) is 79.2 Å². The zero-order valence-electron chi connectivity index (χ0n) is 16.9. The molecular formula is C20H26FN5O3S. The van der Waals surface area contributed by atoms with E-state index < -0.39 is 16.7 Å². The van der Waals surface area contributed by atoms with E-state index in [-0.39, 0.29) is 6.10 Å². The van der Waals surface area contributed by atoms with Gasteiger partial charge in [0.1, 0.15) is 12.8 Å². The molecule has 2 aromatic rings. The average Bonchev–Trinajstić information content (AvgIpc) is 2.73. The molecule has 30 heavy (non-hydrogen) atoms. The Labute approximate surface area is 176 Å². The van der Waals surface area contributed by atoms with Crippen molar-refractivity contribution < 1.29 is 17.5 Å². The van der Waals surface area contributed by atoms with Crippen LogP contribution in [0.4, 0.5) is 10.3 Å². The largest absolute Gasteiger partial charge is 0.485 e. The van der Waals surface area contributed by atoms with Gasteiger partial charge in [0, 0.05) is 45.8 Å². The molecule has 2 aliphatic heterocycles. The summed E-state index contributed by atoms with van der Waals surface area (Å²) in [6, 6.07) is 7.57. The van der Waals surface area contributed by atoms with Crippen LogP contribution in [0.2, 0.25) is 0 Å². The molecule has 0 N–H and O–H groups in total. The molecule has 8 nitrogen and oxygen atoms in total. The first kappa shape index (κ1) is 21.0. The van der Waals surface area contributed by atoms with Crippen LogP contribution in [0.25, 0.3) is 0 Å². The molecule has 2 fully saturated rings. The minimum atomic E-state index is -3.15. The fraction of sp³-hybridized carbons (Fsp3) is 0.500. The van der Waals surface area contributed by atoms with E-state index in [2.05, 4.69) is 14.9 Å². The highest BCUT2D eigenvalue weighted by Gasteiger charge is 2.29. The molecule has 0 saturated carbocycles. The van der Waals surface area contributed by atoms with Crippen molar-refractivity contribution in [1.29, 1.82) is 0 Å². The Morgan fingerprint density at radius 2 is 1.63 bits per heavy atom. The third-order valence-corrected chi connectivity index (χ3v) is 6.72. The highest BCUT2D eigenvalue weighted by molar-refractivity contribution is 7.88. The number of hydrogen-bond donors (Lipinski definition) is 0. The monoisotopic (exact) mass is 435 g/mol. The van der Waals surface area contributed by atoms with Gasteiger partial charge >= 0.3 is 0 Å². The van der Waals surface area contributed by atoms with Crippen molar-refractivity contribution in [2.75, 3.05) is 50.4 Å². The average molecular weight is 436 g/mol. The normalized spacial score (nSPS) is 18.9. The summed E-state index contributed by atoms with van der Waals surface area (Å²) < 4.78 is 43.2. The van der Waals surface area contributed by atoms with Gasteiger partial charge in [0.05, 0.1) is 18.6 Å². The number of likely N-dealkylation sites (tertiary alicyclic amines) is 1. The summed E-state index contributed by atoms with van der Waals surface area (Å²) in [5.41, 5.74) is 1.86. The van der Waals surface area contributed by atoms with E-state index in [9.17, 15) is 12.8 Å². The predicted molar refractivity (Wildman–Crippen MR) is 112 cm³/mol. The number of alkyl halides is 1. The van der Waals surface area contributed by atoms with E-state index in [1.165, 1.54) is 10.6 Å². The number of sulfonamides is 1. The van der Waals surface area contributed by atoms with Crippen molar-refractivity contribution >= 4 is 16.0 Å². The molecule has 0 unspecified atom stereocenters. The Morgan fingerprint density at radius 3 is 2.20 bits per heavy atom. The molecule has 1 aromatic heterocycles. The topological polar surface area (TPSA) is 78.9 Å². The quantitative estimate of drug-likeness (QED) is 0.648. The van der Waals surface area contributed by atoms with Gasteiger partial charge in [-0.3, -0.25) is 4.90 Å². The van der Waals surface area contributed by atoms with Gasteiger partial charge in [-0.1, -0.05) is 24.3 Å². The van der Waals surface area contributed by atoms with Gasteiger partial charge in [-0.2, -0.15) is 4.31 Å². The van der Waals surface area contributed by atoms with Gasteiger partial charge < -0.3 is 9.64 Å². The van der Waals surface area contributed by atoms with Crippen molar-refractivity contribution in [2.24, 2.45) is 0 Å². The number of hydrogen-bond acceptors (Lipinski definition) is 7. The number of aromatic nitrogens is 2. The lowest BCUT2D eigenvalue weighted by molar-refractivity contribution is 0.0141. The number of rotatable bonds is 7. The minimum absolute atomic E-state index is 0.0999. The molecule has 10 heteroatoms. The second kappa shape index (κ2) is 8.83. The van der Waals surface area contributed by atoms with Gasteiger partial charge in [0.25, 0.3) is 0 Å². The lowest BCUT2D eigenvalue weighted by Crippen LogP contribution is -2.53. The maximum atomic E-state index is 12.6.